The molecule has 2 aliphatic rings. The summed E-state index contributed by atoms with van der Waals surface area (Å²) in [4.78, 5) is 0. The number of fused-ring (bicyclic) bond motifs is 5. The highest BCUT2D eigenvalue weighted by atomic mass is 32.1. The second-order valence-corrected chi connectivity index (χ2v) is 3.86. The maximum absolute atomic E-state index is 2.36. The van der Waals surface area contributed by atoms with E-state index in [1.165, 1.54) is 6.42 Å². The van der Waals surface area contributed by atoms with E-state index in [9.17, 15) is 0 Å². The number of hydrogen-bond donors (Lipinski definition) is 0. The zero-order valence-electron chi connectivity index (χ0n) is 5.58. The van der Waals surface area contributed by atoms with Crippen LogP contribution < -0.4 is 0 Å². The molecule has 1 heteroatoms. The Morgan fingerprint density at radius 2 is 1.70 bits per heavy atom. The third kappa shape index (κ3) is 0.441. The molecular weight excluding hydrogens is 140 g/mol. The highest BCUT2D eigenvalue weighted by Crippen LogP contribution is 2.49. The van der Waals surface area contributed by atoms with Crippen molar-refractivity contribution in [2.75, 3.05) is 0 Å². The van der Waals surface area contributed by atoms with Crippen LogP contribution in [0.15, 0.2) is 22.9 Å². The molecule has 2 atom stereocenters. The fourth-order valence-electron chi connectivity index (χ4n) is 2.08. The van der Waals surface area contributed by atoms with E-state index < -0.39 is 0 Å². The first-order chi connectivity index (χ1) is 4.95. The van der Waals surface area contributed by atoms with E-state index in [1.54, 1.807) is 11.1 Å². The molecule has 0 aromatic carbocycles. The predicted molar refractivity (Wildman–Crippen MR) is 43.6 cm³/mol. The molecule has 0 saturated heterocycles. The smallest absolute Gasteiger partial charge is 0.00381 e. The van der Waals surface area contributed by atoms with Gasteiger partial charge in [-0.3, -0.25) is 0 Å². The Labute approximate surface area is 64.2 Å². The fourth-order valence-corrected chi connectivity index (χ4v) is 3.06. The first-order valence-corrected chi connectivity index (χ1v) is 4.64. The molecule has 1 aromatic heterocycles. The molecule has 2 bridgehead atoms. The van der Waals surface area contributed by atoms with Gasteiger partial charge in [-0.15, -0.1) is 0 Å². The van der Waals surface area contributed by atoms with Gasteiger partial charge < -0.3 is 0 Å². The molecule has 3 rings (SSSR count). The fraction of sp³-hybridized carbons (Fsp3) is 0.333. The summed E-state index contributed by atoms with van der Waals surface area (Å²) in [6.07, 6.45) is 6.08. The van der Waals surface area contributed by atoms with Gasteiger partial charge in [-0.2, -0.15) is 11.3 Å². The Hall–Kier alpha value is -0.560. The van der Waals surface area contributed by atoms with Crippen LogP contribution in [0.25, 0.3) is 0 Å². The van der Waals surface area contributed by atoms with E-state index in [1.807, 2.05) is 11.3 Å². The van der Waals surface area contributed by atoms with E-state index in [-0.39, 0.29) is 0 Å². The van der Waals surface area contributed by atoms with Crippen molar-refractivity contribution in [2.45, 2.75) is 18.3 Å². The number of allylic oxidation sites excluding steroid dienone is 2. The van der Waals surface area contributed by atoms with Crippen molar-refractivity contribution in [2.24, 2.45) is 0 Å². The normalized spacial score (nSPS) is 33.2. The molecule has 0 radical (unpaired) electrons. The van der Waals surface area contributed by atoms with Crippen molar-refractivity contribution in [1.29, 1.82) is 0 Å². The molecule has 0 aliphatic heterocycles. The standard InChI is InChI=1S/C9H8S/c1-2-7-3-6(1)8-4-10-5-9(7)8/h1-2,4-7H,3H2/t6-,7+. The van der Waals surface area contributed by atoms with Crippen LogP contribution >= 0.6 is 11.3 Å². The Balaban J connectivity index is 2.30. The van der Waals surface area contributed by atoms with Crippen molar-refractivity contribution < 1.29 is 0 Å². The molecule has 0 spiro atoms. The Kier molecular flexibility index (Phi) is 0.789. The third-order valence-corrected chi connectivity index (χ3v) is 3.39. The molecule has 0 nitrogen and oxygen atoms in total. The molecule has 50 valence electrons. The molecular formula is C9H8S. The van der Waals surface area contributed by atoms with Crippen molar-refractivity contribution in [3.05, 3.63) is 34.0 Å². The average Bonchev–Trinajstić information content (AvgIpc) is 2.60. The quantitative estimate of drug-likeness (QED) is 0.496. The number of thiophene rings is 1. The lowest BCUT2D eigenvalue weighted by Gasteiger charge is -2.01. The molecule has 0 unspecified atom stereocenters. The third-order valence-electron chi connectivity index (χ3n) is 2.61. The van der Waals surface area contributed by atoms with Gasteiger partial charge in [-0.25, -0.2) is 0 Å². The van der Waals surface area contributed by atoms with Crippen molar-refractivity contribution in [3.8, 4) is 0 Å². The lowest BCUT2D eigenvalue weighted by Crippen LogP contribution is -1.85. The van der Waals surface area contributed by atoms with Crippen molar-refractivity contribution in [3.63, 3.8) is 0 Å². The van der Waals surface area contributed by atoms with Crippen molar-refractivity contribution in [1.82, 2.24) is 0 Å². The molecule has 1 aromatic rings. The summed E-state index contributed by atoms with van der Waals surface area (Å²) in [5, 5.41) is 4.62. The predicted octanol–water partition coefficient (Wildman–Crippen LogP) is 2.89. The summed E-state index contributed by atoms with van der Waals surface area (Å²) in [5.41, 5.74) is 3.22. The molecule has 2 aliphatic carbocycles. The van der Waals surface area contributed by atoms with Crippen LogP contribution in [0.1, 0.15) is 29.4 Å². The lowest BCUT2D eigenvalue weighted by molar-refractivity contribution is 0.804. The number of rotatable bonds is 0. The van der Waals surface area contributed by atoms with Crippen LogP contribution in [0.4, 0.5) is 0 Å². The van der Waals surface area contributed by atoms with Gasteiger partial charge in [0.15, 0.2) is 0 Å². The molecule has 10 heavy (non-hydrogen) atoms. The minimum absolute atomic E-state index is 0.784. The first-order valence-electron chi connectivity index (χ1n) is 3.69. The summed E-state index contributed by atoms with van der Waals surface area (Å²) >= 11 is 1.85. The molecule has 0 amide bonds. The van der Waals surface area contributed by atoms with Gasteiger partial charge in [0.1, 0.15) is 0 Å². The van der Waals surface area contributed by atoms with Gasteiger partial charge in [0.25, 0.3) is 0 Å². The second kappa shape index (κ2) is 1.54. The van der Waals surface area contributed by atoms with E-state index in [0.29, 0.717) is 0 Å². The van der Waals surface area contributed by atoms with Crippen LogP contribution in [0.5, 0.6) is 0 Å². The van der Waals surface area contributed by atoms with Crippen LogP contribution in [-0.4, -0.2) is 0 Å². The molecule has 0 N–H and O–H groups in total. The van der Waals surface area contributed by atoms with Crippen LogP contribution in [-0.2, 0) is 0 Å². The van der Waals surface area contributed by atoms with Gasteiger partial charge in [0.05, 0.1) is 0 Å². The topological polar surface area (TPSA) is 0 Å². The lowest BCUT2D eigenvalue weighted by atomic mass is 10.0. The van der Waals surface area contributed by atoms with Crippen LogP contribution in [0.3, 0.4) is 0 Å². The van der Waals surface area contributed by atoms with E-state index in [2.05, 4.69) is 22.9 Å². The summed E-state index contributed by atoms with van der Waals surface area (Å²) in [6, 6.07) is 0. The van der Waals surface area contributed by atoms with Gasteiger partial charge in [0, 0.05) is 11.8 Å². The van der Waals surface area contributed by atoms with Gasteiger partial charge in [-0.1, -0.05) is 12.2 Å². The first kappa shape index (κ1) is 5.14. The Morgan fingerprint density at radius 3 is 2.30 bits per heavy atom. The largest absolute Gasteiger partial charge is 0.152 e. The molecule has 1 heterocycles. The van der Waals surface area contributed by atoms with Gasteiger partial charge in [-0.05, 0) is 28.3 Å². The monoisotopic (exact) mass is 148 g/mol. The molecule has 0 saturated carbocycles. The highest BCUT2D eigenvalue weighted by Gasteiger charge is 2.32. The Morgan fingerprint density at radius 1 is 1.10 bits per heavy atom. The summed E-state index contributed by atoms with van der Waals surface area (Å²) in [7, 11) is 0. The highest BCUT2D eigenvalue weighted by molar-refractivity contribution is 7.08. The average molecular weight is 148 g/mol. The van der Waals surface area contributed by atoms with Crippen LogP contribution in [0, 0.1) is 0 Å². The second-order valence-electron chi connectivity index (χ2n) is 3.12. The van der Waals surface area contributed by atoms with E-state index in [0.717, 1.165) is 11.8 Å². The van der Waals surface area contributed by atoms with E-state index in [4.69, 9.17) is 0 Å². The van der Waals surface area contributed by atoms with Gasteiger partial charge in [0.2, 0.25) is 0 Å². The molecule has 0 fully saturated rings. The zero-order chi connectivity index (χ0) is 6.55. The number of hydrogen-bond acceptors (Lipinski definition) is 1. The maximum atomic E-state index is 2.36. The Bertz CT molecular complexity index is 269. The van der Waals surface area contributed by atoms with Crippen molar-refractivity contribution >= 4 is 11.3 Å². The van der Waals surface area contributed by atoms with Gasteiger partial charge >= 0.3 is 0 Å². The summed E-state index contributed by atoms with van der Waals surface area (Å²) in [5.74, 6) is 1.57. The SMILES string of the molecule is C1=C[C@H]2C[C@@H]1c1cscc12. The van der Waals surface area contributed by atoms with E-state index >= 15 is 0 Å². The summed E-state index contributed by atoms with van der Waals surface area (Å²) in [6.45, 7) is 0. The maximum Gasteiger partial charge on any atom is 0.00381 e. The zero-order valence-corrected chi connectivity index (χ0v) is 6.40. The summed E-state index contributed by atoms with van der Waals surface area (Å²) < 4.78 is 0. The van der Waals surface area contributed by atoms with Crippen LogP contribution in [0.2, 0.25) is 0 Å². The minimum atomic E-state index is 0.784. The minimum Gasteiger partial charge on any atom is -0.152 e.